The Bertz CT molecular complexity index is 721. The summed E-state index contributed by atoms with van der Waals surface area (Å²) >= 11 is 3.81. The number of rotatable bonds is 15. The molecule has 0 aromatic heterocycles. The van der Waals surface area contributed by atoms with Crippen molar-refractivity contribution in [1.29, 1.82) is 0 Å². The zero-order valence-corrected chi connectivity index (χ0v) is 24.7. The lowest BCUT2D eigenvalue weighted by Gasteiger charge is -2.30. The fourth-order valence-corrected chi connectivity index (χ4v) is 7.13. The quantitative estimate of drug-likeness (QED) is 0.126. The number of alkyl halides is 1. The smallest absolute Gasteiger partial charge is 0.303 e. The van der Waals surface area contributed by atoms with E-state index in [4.69, 9.17) is 28.8 Å². The zero-order chi connectivity index (χ0) is 26.7. The first-order chi connectivity index (χ1) is 18.5. The predicted molar refractivity (Wildman–Crippen MR) is 149 cm³/mol. The van der Waals surface area contributed by atoms with Crippen LogP contribution in [0.2, 0.25) is 0 Å². The fraction of sp³-hybridized carbons (Fsp3) is 0.900. The lowest BCUT2D eigenvalue weighted by molar-refractivity contribution is -0.194. The van der Waals surface area contributed by atoms with E-state index in [1.807, 2.05) is 0 Å². The molecule has 0 aromatic rings. The molecule has 8 heteroatoms. The number of ether oxygens (including phenoxy) is 5. The Balaban J connectivity index is 1.41. The van der Waals surface area contributed by atoms with E-state index < -0.39 is 5.97 Å². The molecule has 1 aliphatic carbocycles. The Labute approximate surface area is 237 Å². The molecule has 9 atom stereocenters. The average Bonchev–Trinajstić information content (AvgIpc) is 3.46. The summed E-state index contributed by atoms with van der Waals surface area (Å²) < 4.78 is 31.4. The number of halogens is 1. The highest BCUT2D eigenvalue weighted by atomic mass is 79.9. The first kappa shape index (κ1) is 30.4. The van der Waals surface area contributed by atoms with Crippen LogP contribution in [0.3, 0.4) is 0 Å². The Hall–Kier alpha value is -0.510. The predicted octanol–water partition coefficient (Wildman–Crippen LogP) is 6.76. The van der Waals surface area contributed by atoms with Crippen molar-refractivity contribution in [1.82, 2.24) is 0 Å². The summed E-state index contributed by atoms with van der Waals surface area (Å²) in [5.41, 5.74) is 0. The van der Waals surface area contributed by atoms with Crippen molar-refractivity contribution < 1.29 is 33.6 Å². The number of carbonyl (C=O) groups is 1. The molecule has 38 heavy (non-hydrogen) atoms. The second-order valence-corrected chi connectivity index (χ2v) is 12.7. The molecule has 4 rings (SSSR count). The normalized spacial score (nSPS) is 35.4. The Morgan fingerprint density at radius 1 is 1.03 bits per heavy atom. The van der Waals surface area contributed by atoms with Crippen LogP contribution in [0.1, 0.15) is 103 Å². The molecule has 7 nitrogen and oxygen atoms in total. The summed E-state index contributed by atoms with van der Waals surface area (Å²) in [6.45, 7) is 3.80. The van der Waals surface area contributed by atoms with Gasteiger partial charge in [0.15, 0.2) is 12.6 Å². The van der Waals surface area contributed by atoms with Gasteiger partial charge >= 0.3 is 5.97 Å². The van der Waals surface area contributed by atoms with Crippen LogP contribution in [0.15, 0.2) is 12.2 Å². The number of carboxylic acid groups (broad SMARTS) is 1. The van der Waals surface area contributed by atoms with Gasteiger partial charge in [-0.05, 0) is 70.1 Å². The zero-order valence-electron chi connectivity index (χ0n) is 23.1. The number of hydrogen-bond donors (Lipinski definition) is 1. The maximum atomic E-state index is 10.9. The highest BCUT2D eigenvalue weighted by Gasteiger charge is 2.50. The molecular weight excluding hydrogens is 552 g/mol. The van der Waals surface area contributed by atoms with Crippen LogP contribution in [0.25, 0.3) is 0 Å². The van der Waals surface area contributed by atoms with E-state index in [1.165, 1.54) is 19.3 Å². The van der Waals surface area contributed by atoms with E-state index in [9.17, 15) is 4.79 Å². The third kappa shape index (κ3) is 9.27. The number of fused-ring (bicyclic) bond motifs is 1. The van der Waals surface area contributed by atoms with Crippen molar-refractivity contribution in [2.24, 2.45) is 11.8 Å². The molecule has 0 spiro atoms. The summed E-state index contributed by atoms with van der Waals surface area (Å²) in [6, 6.07) is 0. The second-order valence-electron chi connectivity index (χ2n) is 11.5. The number of unbranched alkanes of at least 4 members (excludes halogenated alkanes) is 2. The average molecular weight is 602 g/mol. The fourth-order valence-electron chi connectivity index (χ4n) is 6.46. The minimum absolute atomic E-state index is 0.0494. The van der Waals surface area contributed by atoms with Gasteiger partial charge in [-0.2, -0.15) is 0 Å². The highest BCUT2D eigenvalue weighted by molar-refractivity contribution is 9.09. The van der Waals surface area contributed by atoms with Gasteiger partial charge in [0.2, 0.25) is 0 Å². The number of hydrogen-bond acceptors (Lipinski definition) is 6. The molecule has 0 radical (unpaired) electrons. The second kappa shape index (κ2) is 16.1. The van der Waals surface area contributed by atoms with E-state index in [2.05, 4.69) is 35.0 Å². The van der Waals surface area contributed by atoms with Crippen LogP contribution in [-0.4, -0.2) is 66.1 Å². The Kier molecular flexibility index (Phi) is 12.9. The maximum Gasteiger partial charge on any atom is 0.303 e. The van der Waals surface area contributed by atoms with E-state index in [-0.39, 0.29) is 54.2 Å². The van der Waals surface area contributed by atoms with Crippen molar-refractivity contribution >= 4 is 21.9 Å². The minimum atomic E-state index is -0.738. The lowest BCUT2D eigenvalue weighted by atomic mass is 9.88. The van der Waals surface area contributed by atoms with Crippen LogP contribution >= 0.6 is 15.9 Å². The van der Waals surface area contributed by atoms with Gasteiger partial charge in [-0.1, -0.05) is 54.3 Å². The first-order valence-corrected chi connectivity index (χ1v) is 16.2. The molecule has 4 unspecified atom stereocenters. The number of aliphatic carboxylic acids is 1. The van der Waals surface area contributed by atoms with Crippen LogP contribution in [0.4, 0.5) is 0 Å². The molecule has 1 saturated carbocycles. The SMILES string of the molecule is CCCCC[C@@H](/C=C/[C@@H]1[C@H]2CC(C(Br)CCCC(=O)O)O[C@@H]2C[C@H]1OC1CCCCO1)OC1CCCCO1. The van der Waals surface area contributed by atoms with Crippen molar-refractivity contribution in [3.05, 3.63) is 12.2 Å². The van der Waals surface area contributed by atoms with Crippen molar-refractivity contribution in [3.8, 4) is 0 Å². The lowest BCUT2D eigenvalue weighted by Crippen LogP contribution is -2.32. The minimum Gasteiger partial charge on any atom is -0.481 e. The maximum absolute atomic E-state index is 10.9. The topological polar surface area (TPSA) is 83.5 Å². The molecule has 218 valence electrons. The van der Waals surface area contributed by atoms with Gasteiger partial charge in [-0.15, -0.1) is 0 Å². The molecule has 0 amide bonds. The summed E-state index contributed by atoms with van der Waals surface area (Å²) in [5, 5.41) is 9.00. The summed E-state index contributed by atoms with van der Waals surface area (Å²) in [6.07, 6.45) is 19.4. The van der Waals surface area contributed by atoms with Crippen molar-refractivity contribution in [3.63, 3.8) is 0 Å². The Morgan fingerprint density at radius 2 is 1.79 bits per heavy atom. The van der Waals surface area contributed by atoms with E-state index in [0.717, 1.165) is 77.4 Å². The van der Waals surface area contributed by atoms with Crippen molar-refractivity contribution in [2.75, 3.05) is 13.2 Å². The molecule has 1 N–H and O–H groups in total. The van der Waals surface area contributed by atoms with Gasteiger partial charge < -0.3 is 28.8 Å². The van der Waals surface area contributed by atoms with Crippen LogP contribution < -0.4 is 0 Å². The molecule has 3 saturated heterocycles. The third-order valence-corrected chi connectivity index (χ3v) is 9.61. The summed E-state index contributed by atoms with van der Waals surface area (Å²) in [7, 11) is 0. The number of carboxylic acids is 1. The van der Waals surface area contributed by atoms with Gasteiger partial charge in [0.25, 0.3) is 0 Å². The third-order valence-electron chi connectivity index (χ3n) is 8.56. The summed E-state index contributed by atoms with van der Waals surface area (Å²) in [4.78, 5) is 11.1. The van der Waals surface area contributed by atoms with E-state index in [0.29, 0.717) is 12.3 Å². The molecular formula is C30H49BrO7. The first-order valence-electron chi connectivity index (χ1n) is 15.3. The highest BCUT2D eigenvalue weighted by Crippen LogP contribution is 2.47. The Morgan fingerprint density at radius 3 is 2.47 bits per heavy atom. The van der Waals surface area contributed by atoms with Gasteiger partial charge in [0.05, 0.1) is 24.4 Å². The molecule has 0 aromatic carbocycles. The molecule has 3 heterocycles. The standard InChI is InChI=1S/C30H49BrO7/c1-2-3-4-10-21(36-29-13-5-7-17-34-29)15-16-22-23-19-27(24(31)11-9-12-28(32)33)37-26(23)20-25(22)38-30-14-6-8-18-35-30/h15-16,21-27,29-30H,2-14,17-20H2,1H3,(H,32,33)/b16-15+/t21-,22+,23+,24?,25+,26+,27?,29?,30?/m0/s1. The van der Waals surface area contributed by atoms with Crippen LogP contribution in [-0.2, 0) is 28.5 Å². The molecule has 4 aliphatic rings. The van der Waals surface area contributed by atoms with Gasteiger partial charge in [-0.3, -0.25) is 4.79 Å². The van der Waals surface area contributed by atoms with Crippen LogP contribution in [0, 0.1) is 11.8 Å². The molecule has 4 fully saturated rings. The summed E-state index contributed by atoms with van der Waals surface area (Å²) in [5.74, 6) is -0.108. The van der Waals surface area contributed by atoms with Gasteiger partial charge in [0, 0.05) is 36.8 Å². The molecule has 0 bridgehead atoms. The van der Waals surface area contributed by atoms with Crippen molar-refractivity contribution in [2.45, 2.75) is 145 Å². The van der Waals surface area contributed by atoms with Gasteiger partial charge in [0.1, 0.15) is 0 Å². The van der Waals surface area contributed by atoms with Crippen LogP contribution in [0.5, 0.6) is 0 Å². The van der Waals surface area contributed by atoms with Gasteiger partial charge in [-0.25, -0.2) is 0 Å². The van der Waals surface area contributed by atoms with E-state index in [1.54, 1.807) is 0 Å². The monoisotopic (exact) mass is 600 g/mol. The largest absolute Gasteiger partial charge is 0.481 e. The van der Waals surface area contributed by atoms with E-state index >= 15 is 0 Å². The molecule has 3 aliphatic heterocycles.